The second-order valence-electron chi connectivity index (χ2n) is 2.16. The molecule has 0 aromatic heterocycles. The Labute approximate surface area is 82.4 Å². The van der Waals surface area contributed by atoms with E-state index in [-0.39, 0.29) is 17.3 Å². The third-order valence-electron chi connectivity index (χ3n) is 1.39. The first-order valence-corrected chi connectivity index (χ1v) is 4.74. The minimum atomic E-state index is -3.43. The van der Waals surface area contributed by atoms with Gasteiger partial charge in [0.15, 0.2) is 0 Å². The monoisotopic (exact) mass is 225 g/mol. The van der Waals surface area contributed by atoms with Gasteiger partial charge in [0, 0.05) is 0 Å². The van der Waals surface area contributed by atoms with E-state index in [2.05, 4.69) is 4.72 Å². The summed E-state index contributed by atoms with van der Waals surface area (Å²) in [4.78, 5) is 0.0615. The summed E-state index contributed by atoms with van der Waals surface area (Å²) < 4.78 is 36.6. The van der Waals surface area contributed by atoms with Gasteiger partial charge in [-0.3, -0.25) is 0 Å². The van der Waals surface area contributed by atoms with Gasteiger partial charge in [-0.05, 0) is 31.3 Å². The summed E-state index contributed by atoms with van der Waals surface area (Å²) >= 11 is 0. The molecule has 6 heteroatoms. The third-order valence-corrected chi connectivity index (χ3v) is 2.82. The molecule has 0 aliphatic heterocycles. The summed E-state index contributed by atoms with van der Waals surface area (Å²) in [6.45, 7) is 0. The van der Waals surface area contributed by atoms with Crippen molar-refractivity contribution in [3.05, 3.63) is 30.1 Å². The number of rotatable bonds is 2. The van der Waals surface area contributed by atoms with Gasteiger partial charge in [-0.25, -0.2) is 17.5 Å². The molecule has 0 unspecified atom stereocenters. The zero-order valence-electron chi connectivity index (χ0n) is 6.82. The molecule has 0 aliphatic rings. The topological polar surface area (TPSA) is 46.2 Å². The van der Waals surface area contributed by atoms with E-state index in [4.69, 9.17) is 0 Å². The van der Waals surface area contributed by atoms with Crippen LogP contribution in [0.4, 0.5) is 4.39 Å². The van der Waals surface area contributed by atoms with Gasteiger partial charge < -0.3 is 0 Å². The first kappa shape index (κ1) is 12.3. The quantitative estimate of drug-likeness (QED) is 0.821. The molecule has 1 N–H and O–H groups in total. The number of sulfonamides is 1. The Kier molecular flexibility index (Phi) is 4.32. The van der Waals surface area contributed by atoms with Gasteiger partial charge >= 0.3 is 0 Å². The normalized spacial score (nSPS) is 10.6. The summed E-state index contributed by atoms with van der Waals surface area (Å²) in [5.41, 5.74) is 0. The summed E-state index contributed by atoms with van der Waals surface area (Å²) in [6.07, 6.45) is 0. The van der Waals surface area contributed by atoms with Crippen LogP contribution in [0.15, 0.2) is 29.2 Å². The first-order chi connectivity index (χ1) is 5.56. The van der Waals surface area contributed by atoms with Crippen LogP contribution in [0, 0.1) is 5.82 Å². The molecular formula is C7H9ClFNO2S. The van der Waals surface area contributed by atoms with E-state index in [1.54, 1.807) is 0 Å². The van der Waals surface area contributed by atoms with Crippen LogP contribution >= 0.6 is 12.4 Å². The van der Waals surface area contributed by atoms with Gasteiger partial charge in [-0.15, -0.1) is 12.4 Å². The molecule has 1 rings (SSSR count). The lowest BCUT2D eigenvalue weighted by Crippen LogP contribution is -2.18. The minimum Gasteiger partial charge on any atom is -0.214 e. The molecule has 0 aliphatic carbocycles. The maximum Gasteiger partial charge on any atom is 0.240 e. The van der Waals surface area contributed by atoms with E-state index in [0.29, 0.717) is 0 Å². The second-order valence-corrected chi connectivity index (χ2v) is 4.05. The molecule has 3 nitrogen and oxygen atoms in total. The van der Waals surface area contributed by atoms with Crippen LogP contribution in [0.25, 0.3) is 0 Å². The predicted molar refractivity (Wildman–Crippen MR) is 49.9 cm³/mol. The minimum absolute atomic E-state index is 0. The van der Waals surface area contributed by atoms with Gasteiger partial charge in [0.2, 0.25) is 10.0 Å². The third kappa shape index (κ3) is 2.95. The predicted octanol–water partition coefficient (Wildman–Crippen LogP) is 1.16. The SMILES string of the molecule is CNS(=O)(=O)c1ccc(F)cc1.Cl. The van der Waals surface area contributed by atoms with Crippen molar-refractivity contribution in [3.8, 4) is 0 Å². The number of nitrogens with one attached hydrogen (secondary N) is 1. The Morgan fingerprint density at radius 1 is 1.23 bits per heavy atom. The maximum absolute atomic E-state index is 12.4. The fourth-order valence-corrected chi connectivity index (χ4v) is 1.46. The van der Waals surface area contributed by atoms with Crippen LogP contribution < -0.4 is 4.72 Å². The van der Waals surface area contributed by atoms with E-state index < -0.39 is 15.8 Å². The molecule has 0 saturated heterocycles. The molecule has 0 spiro atoms. The maximum atomic E-state index is 12.4. The van der Waals surface area contributed by atoms with Crippen LogP contribution in [0.1, 0.15) is 0 Å². The lowest BCUT2D eigenvalue weighted by molar-refractivity contribution is 0.587. The Morgan fingerprint density at radius 3 is 2.08 bits per heavy atom. The fourth-order valence-electron chi connectivity index (χ4n) is 0.732. The average molecular weight is 226 g/mol. The fraction of sp³-hybridized carbons (Fsp3) is 0.143. The van der Waals surface area contributed by atoms with Crippen LogP contribution in [-0.2, 0) is 10.0 Å². The number of halogens is 2. The molecule has 1 aromatic carbocycles. The van der Waals surface area contributed by atoms with E-state index in [0.717, 1.165) is 12.1 Å². The lowest BCUT2D eigenvalue weighted by Gasteiger charge is -2.00. The highest BCUT2D eigenvalue weighted by Gasteiger charge is 2.09. The smallest absolute Gasteiger partial charge is 0.214 e. The van der Waals surface area contributed by atoms with E-state index in [1.165, 1.54) is 19.2 Å². The van der Waals surface area contributed by atoms with E-state index in [1.807, 2.05) is 0 Å². The van der Waals surface area contributed by atoms with Crippen molar-refractivity contribution in [2.45, 2.75) is 4.90 Å². The van der Waals surface area contributed by atoms with Gasteiger partial charge in [-0.2, -0.15) is 0 Å². The van der Waals surface area contributed by atoms with E-state index >= 15 is 0 Å². The van der Waals surface area contributed by atoms with Gasteiger partial charge in [-0.1, -0.05) is 0 Å². The van der Waals surface area contributed by atoms with E-state index in [9.17, 15) is 12.8 Å². The summed E-state index contributed by atoms with van der Waals surface area (Å²) in [5, 5.41) is 0. The largest absolute Gasteiger partial charge is 0.240 e. The zero-order chi connectivity index (χ0) is 9.19. The van der Waals surface area contributed by atoms with Gasteiger partial charge in [0.25, 0.3) is 0 Å². The van der Waals surface area contributed by atoms with Crippen LogP contribution in [0.2, 0.25) is 0 Å². The van der Waals surface area contributed by atoms with Crippen molar-refractivity contribution in [2.24, 2.45) is 0 Å². The van der Waals surface area contributed by atoms with Crippen molar-refractivity contribution in [2.75, 3.05) is 7.05 Å². The molecule has 0 heterocycles. The molecule has 13 heavy (non-hydrogen) atoms. The number of hydrogen-bond acceptors (Lipinski definition) is 2. The molecule has 0 fully saturated rings. The summed E-state index contributed by atoms with van der Waals surface area (Å²) in [7, 11) is -2.13. The highest BCUT2D eigenvalue weighted by atomic mass is 35.5. The molecule has 0 radical (unpaired) electrons. The number of benzene rings is 1. The highest BCUT2D eigenvalue weighted by Crippen LogP contribution is 2.08. The average Bonchev–Trinajstić information content (AvgIpc) is 2.05. The number of hydrogen-bond donors (Lipinski definition) is 1. The van der Waals surface area contributed by atoms with Crippen LogP contribution in [-0.4, -0.2) is 15.5 Å². The van der Waals surface area contributed by atoms with Crippen molar-refractivity contribution in [1.82, 2.24) is 4.72 Å². The highest BCUT2D eigenvalue weighted by molar-refractivity contribution is 7.89. The molecule has 0 amide bonds. The Hall–Kier alpha value is -0.650. The molecule has 1 aromatic rings. The standard InChI is InChI=1S/C7H8FNO2S.ClH/c1-9-12(10,11)7-4-2-6(8)3-5-7;/h2-5,9H,1H3;1H. The van der Waals surface area contributed by atoms with Crippen molar-refractivity contribution in [3.63, 3.8) is 0 Å². The molecule has 0 saturated carbocycles. The van der Waals surface area contributed by atoms with Crippen molar-refractivity contribution in [1.29, 1.82) is 0 Å². The van der Waals surface area contributed by atoms with Crippen molar-refractivity contribution >= 4 is 22.4 Å². The Morgan fingerprint density at radius 2 is 1.69 bits per heavy atom. The second kappa shape index (κ2) is 4.55. The van der Waals surface area contributed by atoms with Crippen molar-refractivity contribution < 1.29 is 12.8 Å². The van der Waals surface area contributed by atoms with Gasteiger partial charge in [0.1, 0.15) is 5.82 Å². The zero-order valence-corrected chi connectivity index (χ0v) is 8.45. The Bertz CT molecular complexity index is 363. The van der Waals surface area contributed by atoms with Crippen LogP contribution in [0.5, 0.6) is 0 Å². The molecule has 0 bridgehead atoms. The summed E-state index contributed by atoms with van der Waals surface area (Å²) in [5.74, 6) is -0.454. The van der Waals surface area contributed by atoms with Gasteiger partial charge in [0.05, 0.1) is 4.90 Å². The Balaban J connectivity index is 0.00000144. The lowest BCUT2D eigenvalue weighted by atomic mass is 10.4. The molecular weight excluding hydrogens is 217 g/mol. The van der Waals surface area contributed by atoms with Crippen LogP contribution in [0.3, 0.4) is 0 Å². The first-order valence-electron chi connectivity index (χ1n) is 3.25. The molecule has 74 valence electrons. The summed E-state index contributed by atoms with van der Waals surface area (Å²) in [6, 6.07) is 4.62. The molecule has 0 atom stereocenters.